The topological polar surface area (TPSA) is 116 Å². The molecule has 0 unspecified atom stereocenters. The van der Waals surface area contributed by atoms with Crippen LogP contribution in [-0.4, -0.2) is 29.0 Å². The molecule has 1 N–H and O–H groups in total. The summed E-state index contributed by atoms with van der Waals surface area (Å²) in [6.45, 7) is 9.56. The smallest absolute Gasteiger partial charge is 0.343 e. The van der Waals surface area contributed by atoms with E-state index in [0.717, 1.165) is 30.9 Å². The number of carboxylic acids is 1. The zero-order valence-corrected chi connectivity index (χ0v) is 12.3. The van der Waals surface area contributed by atoms with Crippen LogP contribution in [0.25, 0.3) is 0 Å². The zero-order chi connectivity index (χ0) is 18.3. The maximum Gasteiger partial charge on any atom is 0.343 e. The Balaban J connectivity index is 3.68. The summed E-state index contributed by atoms with van der Waals surface area (Å²) in [6, 6.07) is 1.65. The second-order valence-corrected chi connectivity index (χ2v) is 3.96. The van der Waals surface area contributed by atoms with Crippen LogP contribution < -0.4 is 0 Å². The van der Waals surface area contributed by atoms with Gasteiger partial charge in [0.1, 0.15) is 0 Å². The SMILES string of the molecule is C=COC(=O)c1cc(C(=O)OC=C)c(C(=O)OC=C)cc1C(=O)O. The molecule has 1 aromatic rings. The van der Waals surface area contributed by atoms with Crippen molar-refractivity contribution >= 4 is 23.9 Å². The standard InChI is InChI=1S/C16H12O8/c1-4-22-14(19)10-8-12(16(21)24-6-3)11(15(20)23-5-2)7-9(10)13(17)18/h4-8H,1-3H2,(H,17,18). The molecular weight excluding hydrogens is 320 g/mol. The molecule has 0 saturated carbocycles. The summed E-state index contributed by atoms with van der Waals surface area (Å²) in [7, 11) is 0. The van der Waals surface area contributed by atoms with Gasteiger partial charge in [-0.15, -0.1) is 0 Å². The number of carbonyl (C=O) groups is 4. The minimum Gasteiger partial charge on any atom is -0.478 e. The fourth-order valence-electron chi connectivity index (χ4n) is 1.70. The molecule has 1 aromatic carbocycles. The number of hydrogen-bond acceptors (Lipinski definition) is 7. The van der Waals surface area contributed by atoms with Crippen LogP contribution >= 0.6 is 0 Å². The van der Waals surface area contributed by atoms with Gasteiger partial charge in [0.05, 0.1) is 41.0 Å². The fraction of sp³-hybridized carbons (Fsp3) is 0. The van der Waals surface area contributed by atoms with E-state index in [4.69, 9.17) is 0 Å². The van der Waals surface area contributed by atoms with Crippen molar-refractivity contribution in [1.82, 2.24) is 0 Å². The van der Waals surface area contributed by atoms with E-state index >= 15 is 0 Å². The van der Waals surface area contributed by atoms with Gasteiger partial charge in [-0.05, 0) is 12.1 Å². The summed E-state index contributed by atoms with van der Waals surface area (Å²) in [5, 5.41) is 9.21. The minimum atomic E-state index is -1.53. The van der Waals surface area contributed by atoms with E-state index in [0.29, 0.717) is 0 Å². The summed E-state index contributed by atoms with van der Waals surface area (Å²) in [5.74, 6) is -4.72. The van der Waals surface area contributed by atoms with E-state index in [1.807, 2.05) is 0 Å². The van der Waals surface area contributed by atoms with Crippen LogP contribution in [0.3, 0.4) is 0 Å². The van der Waals surface area contributed by atoms with Crippen LogP contribution in [0.2, 0.25) is 0 Å². The minimum absolute atomic E-state index is 0.414. The number of carboxylic acid groups (broad SMARTS) is 1. The number of benzene rings is 1. The van der Waals surface area contributed by atoms with Gasteiger partial charge < -0.3 is 19.3 Å². The van der Waals surface area contributed by atoms with Crippen molar-refractivity contribution in [2.75, 3.05) is 0 Å². The van der Waals surface area contributed by atoms with Crippen molar-refractivity contribution < 1.29 is 38.5 Å². The molecule has 8 heteroatoms. The van der Waals surface area contributed by atoms with E-state index in [-0.39, 0.29) is 0 Å². The highest BCUT2D eigenvalue weighted by Crippen LogP contribution is 2.21. The highest BCUT2D eigenvalue weighted by molar-refractivity contribution is 6.10. The van der Waals surface area contributed by atoms with Gasteiger partial charge in [-0.3, -0.25) is 0 Å². The molecule has 124 valence electrons. The molecule has 8 nitrogen and oxygen atoms in total. The number of hydrogen-bond donors (Lipinski definition) is 1. The monoisotopic (exact) mass is 332 g/mol. The molecule has 0 bridgehead atoms. The Morgan fingerprint density at radius 1 is 0.708 bits per heavy atom. The molecule has 0 amide bonds. The Morgan fingerprint density at radius 3 is 1.29 bits per heavy atom. The lowest BCUT2D eigenvalue weighted by Crippen LogP contribution is -2.17. The normalized spacial score (nSPS) is 9.33. The van der Waals surface area contributed by atoms with Gasteiger partial charge in [0, 0.05) is 0 Å². The highest BCUT2D eigenvalue weighted by atomic mass is 16.5. The van der Waals surface area contributed by atoms with E-state index in [2.05, 4.69) is 33.9 Å². The van der Waals surface area contributed by atoms with Crippen LogP contribution in [0.4, 0.5) is 0 Å². The molecule has 0 aliphatic rings. The number of esters is 3. The maximum atomic E-state index is 11.9. The molecule has 0 aliphatic heterocycles. The molecule has 24 heavy (non-hydrogen) atoms. The van der Waals surface area contributed by atoms with Crippen LogP contribution in [0.5, 0.6) is 0 Å². The third-order valence-electron chi connectivity index (χ3n) is 2.62. The van der Waals surface area contributed by atoms with Crippen molar-refractivity contribution in [3.05, 3.63) is 72.9 Å². The summed E-state index contributed by atoms with van der Waals surface area (Å²) in [4.78, 5) is 47.0. The first-order valence-electron chi connectivity index (χ1n) is 6.24. The van der Waals surface area contributed by atoms with E-state index < -0.39 is 46.1 Å². The molecule has 0 heterocycles. The van der Waals surface area contributed by atoms with Gasteiger partial charge in [0.15, 0.2) is 0 Å². The van der Waals surface area contributed by atoms with Crippen LogP contribution in [0, 0.1) is 0 Å². The van der Waals surface area contributed by atoms with Gasteiger partial charge >= 0.3 is 23.9 Å². The quantitative estimate of drug-likeness (QED) is 0.459. The van der Waals surface area contributed by atoms with Gasteiger partial charge in [0.2, 0.25) is 0 Å². The van der Waals surface area contributed by atoms with Crippen molar-refractivity contribution in [2.45, 2.75) is 0 Å². The summed E-state index contributed by atoms with van der Waals surface area (Å²) >= 11 is 0. The first-order valence-corrected chi connectivity index (χ1v) is 6.24. The third kappa shape index (κ3) is 3.95. The average Bonchev–Trinajstić information content (AvgIpc) is 2.54. The summed E-state index contributed by atoms with van der Waals surface area (Å²) in [6.07, 6.45) is 2.39. The van der Waals surface area contributed by atoms with Crippen LogP contribution in [0.1, 0.15) is 41.4 Å². The first-order chi connectivity index (χ1) is 11.4. The second kappa shape index (κ2) is 8.08. The lowest BCUT2D eigenvalue weighted by Gasteiger charge is -2.11. The number of carbonyl (C=O) groups excluding carboxylic acids is 3. The molecule has 0 aromatic heterocycles. The Hall–Kier alpha value is -3.68. The Bertz CT molecular complexity index is 745. The molecule has 0 aliphatic carbocycles. The van der Waals surface area contributed by atoms with Crippen molar-refractivity contribution in [1.29, 1.82) is 0 Å². The van der Waals surface area contributed by atoms with Gasteiger partial charge in [-0.25, -0.2) is 19.2 Å². The number of aromatic carboxylic acids is 1. The van der Waals surface area contributed by atoms with Crippen molar-refractivity contribution in [2.24, 2.45) is 0 Å². The Kier molecular flexibility index (Phi) is 6.19. The van der Waals surface area contributed by atoms with Crippen molar-refractivity contribution in [3.8, 4) is 0 Å². The predicted molar refractivity (Wildman–Crippen MR) is 80.2 cm³/mol. The fourth-order valence-corrected chi connectivity index (χ4v) is 1.70. The van der Waals surface area contributed by atoms with Gasteiger partial charge in [-0.1, -0.05) is 19.7 Å². The van der Waals surface area contributed by atoms with E-state index in [1.54, 1.807) is 0 Å². The van der Waals surface area contributed by atoms with Gasteiger partial charge in [0.25, 0.3) is 0 Å². The summed E-state index contributed by atoms with van der Waals surface area (Å²) < 4.78 is 13.6. The molecular formula is C16H12O8. The second-order valence-electron chi connectivity index (χ2n) is 3.96. The molecule has 1 rings (SSSR count). The lowest BCUT2D eigenvalue weighted by molar-refractivity contribution is 0.0610. The van der Waals surface area contributed by atoms with Gasteiger partial charge in [-0.2, -0.15) is 0 Å². The molecule has 0 saturated heterocycles. The molecule has 0 fully saturated rings. The number of rotatable bonds is 7. The number of ether oxygens (including phenoxy) is 3. The molecule has 0 atom stereocenters. The Labute approximate surface area is 136 Å². The largest absolute Gasteiger partial charge is 0.478 e. The predicted octanol–water partition coefficient (Wildman–Crippen LogP) is 2.29. The lowest BCUT2D eigenvalue weighted by atomic mass is 9.98. The first kappa shape index (κ1) is 18.4. The van der Waals surface area contributed by atoms with Crippen molar-refractivity contribution in [3.63, 3.8) is 0 Å². The summed E-state index contributed by atoms with van der Waals surface area (Å²) in [5.41, 5.74) is -1.90. The van der Waals surface area contributed by atoms with E-state index in [9.17, 15) is 24.3 Å². The maximum absolute atomic E-state index is 11.9. The average molecular weight is 332 g/mol. The highest BCUT2D eigenvalue weighted by Gasteiger charge is 2.27. The third-order valence-corrected chi connectivity index (χ3v) is 2.62. The van der Waals surface area contributed by atoms with Crippen LogP contribution in [-0.2, 0) is 14.2 Å². The molecule has 0 radical (unpaired) electrons. The zero-order valence-electron chi connectivity index (χ0n) is 12.3. The van der Waals surface area contributed by atoms with Crippen LogP contribution in [0.15, 0.2) is 50.7 Å². The Morgan fingerprint density at radius 2 is 1.00 bits per heavy atom. The van der Waals surface area contributed by atoms with E-state index in [1.165, 1.54) is 0 Å². The molecule has 0 spiro atoms.